The minimum atomic E-state index is 0. The summed E-state index contributed by atoms with van der Waals surface area (Å²) in [6, 6.07) is 8.03. The van der Waals surface area contributed by atoms with E-state index in [0.717, 1.165) is 28.5 Å². The van der Waals surface area contributed by atoms with Crippen LogP contribution in [-0.2, 0) is 4.79 Å². The number of nitrogens with one attached hydrogen (secondary N) is 1. The van der Waals surface area contributed by atoms with Crippen LogP contribution in [0.5, 0.6) is 0 Å². The molecule has 100 valence electrons. The lowest BCUT2D eigenvalue weighted by atomic mass is 10.00. The summed E-state index contributed by atoms with van der Waals surface area (Å²) in [7, 11) is 0. The first-order valence-electron chi connectivity index (χ1n) is 5.96. The van der Waals surface area contributed by atoms with Crippen molar-refractivity contribution in [3.8, 4) is 0 Å². The SMILES string of the molecule is Cl.N[C@@H]1CCC[C@H]1CC(=O)Nc1cccc(I)c1. The second-order valence-electron chi connectivity index (χ2n) is 4.62. The van der Waals surface area contributed by atoms with E-state index in [0.29, 0.717) is 12.3 Å². The van der Waals surface area contributed by atoms with Gasteiger partial charge in [-0.3, -0.25) is 4.79 Å². The molecule has 1 saturated carbocycles. The molecule has 0 heterocycles. The molecule has 0 bridgehead atoms. The van der Waals surface area contributed by atoms with Gasteiger partial charge in [-0.25, -0.2) is 0 Å². The van der Waals surface area contributed by atoms with Crippen molar-refractivity contribution >= 4 is 46.6 Å². The molecule has 0 saturated heterocycles. The van der Waals surface area contributed by atoms with Gasteiger partial charge in [0.1, 0.15) is 0 Å². The van der Waals surface area contributed by atoms with Gasteiger partial charge in [-0.1, -0.05) is 12.5 Å². The number of nitrogens with two attached hydrogens (primary N) is 1. The third-order valence-electron chi connectivity index (χ3n) is 3.27. The molecule has 1 amide bonds. The number of rotatable bonds is 3. The van der Waals surface area contributed by atoms with E-state index in [9.17, 15) is 4.79 Å². The molecule has 5 heteroatoms. The summed E-state index contributed by atoms with van der Waals surface area (Å²) in [4.78, 5) is 11.9. The number of hydrogen-bond acceptors (Lipinski definition) is 2. The minimum Gasteiger partial charge on any atom is -0.327 e. The molecule has 2 atom stereocenters. The molecule has 0 unspecified atom stereocenters. The molecule has 0 radical (unpaired) electrons. The number of hydrogen-bond donors (Lipinski definition) is 2. The molecule has 0 spiro atoms. The van der Waals surface area contributed by atoms with E-state index < -0.39 is 0 Å². The number of carbonyl (C=O) groups is 1. The molecule has 3 N–H and O–H groups in total. The average molecular weight is 381 g/mol. The normalized spacial score (nSPS) is 22.3. The Balaban J connectivity index is 0.00000162. The monoisotopic (exact) mass is 380 g/mol. The van der Waals surface area contributed by atoms with Crippen LogP contribution in [0.15, 0.2) is 24.3 Å². The van der Waals surface area contributed by atoms with Crippen LogP contribution >= 0.6 is 35.0 Å². The Bertz CT molecular complexity index is 414. The fourth-order valence-electron chi connectivity index (χ4n) is 2.34. The summed E-state index contributed by atoms with van der Waals surface area (Å²) >= 11 is 2.23. The quantitative estimate of drug-likeness (QED) is 0.791. The first-order chi connectivity index (χ1) is 8.15. The Kier molecular flexibility index (Phi) is 6.38. The predicted octanol–water partition coefficient (Wildman–Crippen LogP) is 3.17. The molecule has 0 aliphatic heterocycles. The van der Waals surface area contributed by atoms with Gasteiger partial charge >= 0.3 is 0 Å². The maximum atomic E-state index is 11.9. The van der Waals surface area contributed by atoms with Crippen molar-refractivity contribution in [1.82, 2.24) is 0 Å². The van der Waals surface area contributed by atoms with Crippen LogP contribution in [0.1, 0.15) is 25.7 Å². The number of anilines is 1. The van der Waals surface area contributed by atoms with Gasteiger partial charge < -0.3 is 11.1 Å². The Morgan fingerprint density at radius 3 is 2.83 bits per heavy atom. The van der Waals surface area contributed by atoms with E-state index in [1.807, 2.05) is 24.3 Å². The van der Waals surface area contributed by atoms with E-state index in [-0.39, 0.29) is 24.4 Å². The van der Waals surface area contributed by atoms with Crippen molar-refractivity contribution < 1.29 is 4.79 Å². The van der Waals surface area contributed by atoms with Crippen molar-refractivity contribution in [2.24, 2.45) is 11.7 Å². The molecule has 2 rings (SSSR count). The second-order valence-corrected chi connectivity index (χ2v) is 5.86. The minimum absolute atomic E-state index is 0. The Hall–Kier alpha value is -0.330. The van der Waals surface area contributed by atoms with Gasteiger partial charge in [-0.05, 0) is 59.5 Å². The Labute approximate surface area is 127 Å². The molecule has 1 aromatic carbocycles. The second kappa shape index (κ2) is 7.31. The summed E-state index contributed by atoms with van der Waals surface area (Å²) in [5.41, 5.74) is 6.83. The lowest BCUT2D eigenvalue weighted by Gasteiger charge is -2.14. The summed E-state index contributed by atoms with van der Waals surface area (Å²) in [5.74, 6) is 0.437. The molecular weight excluding hydrogens is 363 g/mol. The van der Waals surface area contributed by atoms with Crippen molar-refractivity contribution in [1.29, 1.82) is 0 Å². The molecule has 18 heavy (non-hydrogen) atoms. The zero-order chi connectivity index (χ0) is 12.3. The molecule has 1 aliphatic rings. The van der Waals surface area contributed by atoms with Gasteiger partial charge in [-0.15, -0.1) is 12.4 Å². The Morgan fingerprint density at radius 2 is 2.22 bits per heavy atom. The number of benzene rings is 1. The van der Waals surface area contributed by atoms with Gasteiger partial charge in [0.2, 0.25) is 5.91 Å². The van der Waals surface area contributed by atoms with Crippen LogP contribution in [0.3, 0.4) is 0 Å². The van der Waals surface area contributed by atoms with Crippen molar-refractivity contribution in [2.45, 2.75) is 31.7 Å². The maximum absolute atomic E-state index is 11.9. The van der Waals surface area contributed by atoms with E-state index in [4.69, 9.17) is 5.73 Å². The molecule has 0 aromatic heterocycles. The van der Waals surface area contributed by atoms with E-state index >= 15 is 0 Å². The highest BCUT2D eigenvalue weighted by Gasteiger charge is 2.25. The van der Waals surface area contributed by atoms with Crippen LogP contribution in [-0.4, -0.2) is 11.9 Å². The van der Waals surface area contributed by atoms with Crippen molar-refractivity contribution in [3.05, 3.63) is 27.8 Å². The molecule has 1 fully saturated rings. The predicted molar refractivity (Wildman–Crippen MR) is 85.0 cm³/mol. The van der Waals surface area contributed by atoms with Gasteiger partial charge in [0.05, 0.1) is 0 Å². The highest BCUT2D eigenvalue weighted by Crippen LogP contribution is 2.27. The molecule has 3 nitrogen and oxygen atoms in total. The van der Waals surface area contributed by atoms with Gasteiger partial charge in [0, 0.05) is 21.7 Å². The van der Waals surface area contributed by atoms with Crippen LogP contribution in [0.2, 0.25) is 0 Å². The summed E-state index contributed by atoms with van der Waals surface area (Å²) < 4.78 is 1.12. The van der Waals surface area contributed by atoms with Gasteiger partial charge in [-0.2, -0.15) is 0 Å². The average Bonchev–Trinajstić information content (AvgIpc) is 2.64. The van der Waals surface area contributed by atoms with Crippen molar-refractivity contribution in [2.75, 3.05) is 5.32 Å². The third-order valence-corrected chi connectivity index (χ3v) is 3.94. The maximum Gasteiger partial charge on any atom is 0.224 e. The molecule has 1 aliphatic carbocycles. The zero-order valence-corrected chi connectivity index (χ0v) is 13.0. The molecule has 1 aromatic rings. The van der Waals surface area contributed by atoms with E-state index in [1.165, 1.54) is 0 Å². The summed E-state index contributed by atoms with van der Waals surface area (Å²) in [6.45, 7) is 0. The summed E-state index contributed by atoms with van der Waals surface area (Å²) in [5, 5.41) is 2.93. The largest absolute Gasteiger partial charge is 0.327 e. The fraction of sp³-hybridized carbons (Fsp3) is 0.462. The van der Waals surface area contributed by atoms with E-state index in [1.54, 1.807) is 0 Å². The highest BCUT2D eigenvalue weighted by atomic mass is 127. The van der Waals surface area contributed by atoms with E-state index in [2.05, 4.69) is 27.9 Å². The summed E-state index contributed by atoms with van der Waals surface area (Å²) in [6.07, 6.45) is 3.84. The van der Waals surface area contributed by atoms with Crippen LogP contribution < -0.4 is 11.1 Å². The number of carbonyl (C=O) groups excluding carboxylic acids is 1. The smallest absolute Gasteiger partial charge is 0.224 e. The topological polar surface area (TPSA) is 55.1 Å². The van der Waals surface area contributed by atoms with Crippen molar-refractivity contribution in [3.63, 3.8) is 0 Å². The Morgan fingerprint density at radius 1 is 1.44 bits per heavy atom. The van der Waals surface area contributed by atoms with Crippen LogP contribution in [0.25, 0.3) is 0 Å². The first kappa shape index (κ1) is 15.7. The van der Waals surface area contributed by atoms with Gasteiger partial charge in [0.25, 0.3) is 0 Å². The zero-order valence-electron chi connectivity index (χ0n) is 10.1. The number of amides is 1. The third kappa shape index (κ3) is 4.40. The number of halogens is 2. The highest BCUT2D eigenvalue weighted by molar-refractivity contribution is 14.1. The van der Waals surface area contributed by atoms with Gasteiger partial charge in [0.15, 0.2) is 0 Å². The standard InChI is InChI=1S/C13H17IN2O.ClH/c14-10-4-2-5-11(8-10)16-13(17)7-9-3-1-6-12(9)15;/h2,4-5,8-9,12H,1,3,6-7,15H2,(H,16,17);1H/t9-,12+;/m0./s1. The lowest BCUT2D eigenvalue weighted by Crippen LogP contribution is -2.28. The molecular formula is C13H18ClIN2O. The fourth-order valence-corrected chi connectivity index (χ4v) is 2.88. The van der Waals surface area contributed by atoms with Crippen LogP contribution in [0, 0.1) is 9.49 Å². The lowest BCUT2D eigenvalue weighted by molar-refractivity contribution is -0.117. The van der Waals surface area contributed by atoms with Crippen LogP contribution in [0.4, 0.5) is 5.69 Å². The first-order valence-corrected chi connectivity index (χ1v) is 7.04.